The van der Waals surface area contributed by atoms with Crippen LogP contribution in [-0.2, 0) is 0 Å². The van der Waals surface area contributed by atoms with Gasteiger partial charge < -0.3 is 20.1 Å². The van der Waals surface area contributed by atoms with E-state index in [2.05, 4.69) is 41.5 Å². The second-order valence-corrected chi connectivity index (χ2v) is 8.05. The van der Waals surface area contributed by atoms with E-state index in [1.807, 2.05) is 30.5 Å². The van der Waals surface area contributed by atoms with Crippen molar-refractivity contribution in [2.75, 3.05) is 25.5 Å². The van der Waals surface area contributed by atoms with Crippen molar-refractivity contribution in [2.45, 2.75) is 51.7 Å². The van der Waals surface area contributed by atoms with E-state index in [1.165, 1.54) is 0 Å². The molecule has 3 aromatic rings. The predicted octanol–water partition coefficient (Wildman–Crippen LogP) is 3.56. The van der Waals surface area contributed by atoms with Gasteiger partial charge in [0.15, 0.2) is 5.65 Å². The molecule has 8 nitrogen and oxygen atoms in total. The summed E-state index contributed by atoms with van der Waals surface area (Å²) in [7, 11) is 1.67. The summed E-state index contributed by atoms with van der Waals surface area (Å²) in [6.07, 6.45) is 4.04. The Morgan fingerprint density at radius 1 is 1.17 bits per heavy atom. The minimum atomic E-state index is 0.0184. The zero-order valence-electron chi connectivity index (χ0n) is 18.1. The van der Waals surface area contributed by atoms with Gasteiger partial charge in [-0.3, -0.25) is 0 Å². The van der Waals surface area contributed by atoms with Crippen molar-refractivity contribution in [2.24, 2.45) is 0 Å². The van der Waals surface area contributed by atoms with E-state index >= 15 is 0 Å². The Labute approximate surface area is 177 Å². The van der Waals surface area contributed by atoms with Gasteiger partial charge in [-0.2, -0.15) is 19.6 Å². The molecule has 2 N–H and O–H groups in total. The highest BCUT2D eigenvalue weighted by atomic mass is 16.5. The van der Waals surface area contributed by atoms with Gasteiger partial charge in [-0.1, -0.05) is 26.0 Å². The van der Waals surface area contributed by atoms with Gasteiger partial charge in [0.25, 0.3) is 0 Å². The number of benzene rings is 1. The first kappa shape index (κ1) is 20.4. The van der Waals surface area contributed by atoms with Crippen molar-refractivity contribution < 1.29 is 9.47 Å². The van der Waals surface area contributed by atoms with Gasteiger partial charge in [-0.25, -0.2) is 0 Å². The van der Waals surface area contributed by atoms with Crippen molar-refractivity contribution in [3.05, 3.63) is 41.6 Å². The first-order valence-electron chi connectivity index (χ1n) is 10.6. The Hall–Kier alpha value is -2.87. The van der Waals surface area contributed by atoms with E-state index in [-0.39, 0.29) is 12.1 Å². The lowest BCUT2D eigenvalue weighted by molar-refractivity contribution is 0.153. The number of ether oxygens (including phenoxy) is 2. The summed E-state index contributed by atoms with van der Waals surface area (Å²) in [5, 5.41) is 11.4. The number of piperidine rings is 1. The van der Waals surface area contributed by atoms with Crippen LogP contribution in [0.2, 0.25) is 0 Å². The zero-order valence-corrected chi connectivity index (χ0v) is 18.1. The summed E-state index contributed by atoms with van der Waals surface area (Å²) in [6, 6.07) is 8.41. The molecule has 0 aliphatic carbocycles. The van der Waals surface area contributed by atoms with Crippen molar-refractivity contribution in [3.8, 4) is 11.8 Å². The summed E-state index contributed by atoms with van der Waals surface area (Å²) in [5.74, 6) is 1.75. The molecule has 1 saturated heterocycles. The second-order valence-electron chi connectivity index (χ2n) is 8.05. The van der Waals surface area contributed by atoms with Crippen LogP contribution in [0.1, 0.15) is 56.7 Å². The molecule has 2 atom stereocenters. The van der Waals surface area contributed by atoms with Gasteiger partial charge in [-0.05, 0) is 49.9 Å². The van der Waals surface area contributed by atoms with Crippen LogP contribution >= 0.6 is 0 Å². The smallest absolute Gasteiger partial charge is 0.322 e. The van der Waals surface area contributed by atoms with E-state index in [1.54, 1.807) is 11.6 Å². The molecule has 0 amide bonds. The molecular formula is C22H30N6O2. The van der Waals surface area contributed by atoms with Crippen LogP contribution in [0.5, 0.6) is 11.8 Å². The Morgan fingerprint density at radius 3 is 2.63 bits per heavy atom. The summed E-state index contributed by atoms with van der Waals surface area (Å²) >= 11 is 0. The van der Waals surface area contributed by atoms with Crippen LogP contribution < -0.4 is 20.1 Å². The molecule has 0 saturated carbocycles. The Balaban J connectivity index is 1.65. The maximum Gasteiger partial charge on any atom is 0.322 e. The minimum absolute atomic E-state index is 0.0184. The Bertz CT molecular complexity index is 979. The lowest BCUT2D eigenvalue weighted by Crippen LogP contribution is -2.37. The molecule has 3 heterocycles. The monoisotopic (exact) mass is 410 g/mol. The molecule has 2 aromatic heterocycles. The minimum Gasteiger partial charge on any atom is -0.497 e. The van der Waals surface area contributed by atoms with E-state index < -0.39 is 0 Å². The molecule has 1 fully saturated rings. The van der Waals surface area contributed by atoms with Crippen molar-refractivity contribution in [1.82, 2.24) is 24.9 Å². The number of fused-ring (bicyclic) bond motifs is 1. The number of nitrogens with one attached hydrogen (secondary N) is 2. The number of methoxy groups -OCH3 is 1. The average molecular weight is 411 g/mol. The Kier molecular flexibility index (Phi) is 6.03. The Morgan fingerprint density at radius 2 is 1.97 bits per heavy atom. The molecule has 1 unspecified atom stereocenters. The highest BCUT2D eigenvalue weighted by Crippen LogP contribution is 2.26. The van der Waals surface area contributed by atoms with Gasteiger partial charge >= 0.3 is 6.01 Å². The van der Waals surface area contributed by atoms with Crippen molar-refractivity contribution in [3.63, 3.8) is 0 Å². The zero-order chi connectivity index (χ0) is 21.1. The lowest BCUT2D eigenvalue weighted by atomic mass is 10.1. The van der Waals surface area contributed by atoms with Gasteiger partial charge in [0.05, 0.1) is 19.3 Å². The molecule has 160 valence electrons. The number of hydrogen-bond donors (Lipinski definition) is 2. The highest BCUT2D eigenvalue weighted by Gasteiger charge is 2.21. The summed E-state index contributed by atoms with van der Waals surface area (Å²) in [6.45, 7) is 8.21. The predicted molar refractivity (Wildman–Crippen MR) is 116 cm³/mol. The topological polar surface area (TPSA) is 85.6 Å². The highest BCUT2D eigenvalue weighted by molar-refractivity contribution is 5.53. The van der Waals surface area contributed by atoms with Crippen LogP contribution in [0.15, 0.2) is 30.5 Å². The maximum atomic E-state index is 6.14. The molecule has 30 heavy (non-hydrogen) atoms. The van der Waals surface area contributed by atoms with Crippen LogP contribution in [0.25, 0.3) is 5.65 Å². The van der Waals surface area contributed by atoms with Crippen molar-refractivity contribution in [1.29, 1.82) is 0 Å². The number of nitrogens with zero attached hydrogens (tertiary/aromatic N) is 4. The van der Waals surface area contributed by atoms with E-state index in [0.29, 0.717) is 17.9 Å². The lowest BCUT2D eigenvalue weighted by Gasteiger charge is -2.23. The number of rotatable bonds is 7. The normalized spacial score (nSPS) is 17.8. The molecule has 1 aliphatic heterocycles. The molecule has 4 rings (SSSR count). The van der Waals surface area contributed by atoms with Crippen LogP contribution in [0, 0.1) is 0 Å². The molecule has 1 aliphatic rings. The third kappa shape index (κ3) is 4.33. The standard InChI is InChI=1S/C22H30N6O2/c1-14(2)19-13-24-28-20(19)26-22(30-18-6-5-11-23-12-18)27-21(28)25-15(3)16-7-9-17(29-4)10-8-16/h7-10,13-15,18,23H,5-6,11-12H2,1-4H3,(H,25,26,27)/t15-,18?/m0/s1. The SMILES string of the molecule is COc1ccc([C@H](C)Nc2nc(OC3CCCNC3)nc3c(C(C)C)cnn23)cc1. The van der Waals surface area contributed by atoms with Gasteiger partial charge in [0, 0.05) is 12.1 Å². The summed E-state index contributed by atoms with van der Waals surface area (Å²) in [5.41, 5.74) is 2.98. The van der Waals surface area contributed by atoms with Gasteiger partial charge in [0.2, 0.25) is 5.95 Å². The fourth-order valence-electron chi connectivity index (χ4n) is 3.67. The van der Waals surface area contributed by atoms with Gasteiger partial charge in [0.1, 0.15) is 11.9 Å². The molecule has 0 bridgehead atoms. The molecule has 0 radical (unpaired) electrons. The van der Waals surface area contributed by atoms with E-state index in [4.69, 9.17) is 14.5 Å². The first-order valence-corrected chi connectivity index (χ1v) is 10.6. The number of hydrogen-bond acceptors (Lipinski definition) is 7. The first-order chi connectivity index (χ1) is 14.5. The van der Waals surface area contributed by atoms with E-state index in [9.17, 15) is 0 Å². The largest absolute Gasteiger partial charge is 0.497 e. The van der Waals surface area contributed by atoms with E-state index in [0.717, 1.165) is 48.5 Å². The molecule has 8 heteroatoms. The van der Waals surface area contributed by atoms with Gasteiger partial charge in [-0.15, -0.1) is 0 Å². The third-order valence-electron chi connectivity index (χ3n) is 5.48. The third-order valence-corrected chi connectivity index (χ3v) is 5.48. The quantitative estimate of drug-likeness (QED) is 0.616. The summed E-state index contributed by atoms with van der Waals surface area (Å²) in [4.78, 5) is 9.37. The fraction of sp³-hybridized carbons (Fsp3) is 0.500. The van der Waals surface area contributed by atoms with Crippen LogP contribution in [0.4, 0.5) is 5.95 Å². The van der Waals surface area contributed by atoms with Crippen LogP contribution in [-0.4, -0.2) is 45.9 Å². The van der Waals surface area contributed by atoms with Crippen LogP contribution in [0.3, 0.4) is 0 Å². The molecule has 0 spiro atoms. The molecule has 1 aromatic carbocycles. The average Bonchev–Trinajstić information content (AvgIpc) is 3.19. The van der Waals surface area contributed by atoms with Crippen molar-refractivity contribution >= 4 is 11.6 Å². The summed E-state index contributed by atoms with van der Waals surface area (Å²) < 4.78 is 13.2. The number of aromatic nitrogens is 4. The molecular weight excluding hydrogens is 380 g/mol. The maximum absolute atomic E-state index is 6.14. The second kappa shape index (κ2) is 8.87. The number of anilines is 1. The fourth-order valence-corrected chi connectivity index (χ4v) is 3.67.